The second-order valence-corrected chi connectivity index (χ2v) is 4.14. The van der Waals surface area contributed by atoms with Gasteiger partial charge < -0.3 is 15.8 Å². The summed E-state index contributed by atoms with van der Waals surface area (Å²) in [5.74, 6) is -0.0286. The number of carbonyl (C=O) groups is 1. The first-order valence-corrected chi connectivity index (χ1v) is 5.84. The molecule has 0 fully saturated rings. The van der Waals surface area contributed by atoms with Gasteiger partial charge in [0.1, 0.15) is 0 Å². The van der Waals surface area contributed by atoms with E-state index in [1.54, 1.807) is 30.5 Å². The lowest BCUT2D eigenvalue weighted by molar-refractivity contribution is 0.102. The molecule has 0 unspecified atom stereocenters. The maximum absolute atomic E-state index is 12.2. The van der Waals surface area contributed by atoms with Crippen molar-refractivity contribution in [1.29, 1.82) is 0 Å². The number of methoxy groups -OCH3 is 1. The molecule has 0 saturated carbocycles. The van der Waals surface area contributed by atoms with E-state index in [0.717, 1.165) is 0 Å². The lowest BCUT2D eigenvalue weighted by Crippen LogP contribution is -2.14. The summed E-state index contributed by atoms with van der Waals surface area (Å²) in [7, 11) is 1.46. The van der Waals surface area contributed by atoms with E-state index in [1.165, 1.54) is 13.3 Å². The Morgan fingerprint density at radius 3 is 2.89 bits per heavy atom. The molecule has 0 aliphatic rings. The SMILES string of the molecule is COc1c(N)cccc1C(=O)Nc1cnccc1Cl. The molecule has 0 bridgehead atoms. The molecule has 98 valence electrons. The van der Waals surface area contributed by atoms with Crippen LogP contribution >= 0.6 is 11.6 Å². The molecule has 3 N–H and O–H groups in total. The fourth-order valence-corrected chi connectivity index (χ4v) is 1.77. The van der Waals surface area contributed by atoms with Gasteiger partial charge in [-0.15, -0.1) is 0 Å². The zero-order valence-electron chi connectivity index (χ0n) is 10.2. The third-order valence-corrected chi connectivity index (χ3v) is 2.84. The number of anilines is 2. The van der Waals surface area contributed by atoms with Gasteiger partial charge in [-0.3, -0.25) is 9.78 Å². The Balaban J connectivity index is 2.31. The highest BCUT2D eigenvalue weighted by atomic mass is 35.5. The quantitative estimate of drug-likeness (QED) is 0.846. The molecule has 1 aromatic heterocycles. The van der Waals surface area contributed by atoms with Crippen LogP contribution in [0.1, 0.15) is 10.4 Å². The summed E-state index contributed by atoms with van der Waals surface area (Å²) in [5, 5.41) is 3.07. The van der Waals surface area contributed by atoms with E-state index in [1.807, 2.05) is 0 Å². The molecule has 0 spiro atoms. The number of halogens is 1. The third-order valence-electron chi connectivity index (χ3n) is 2.51. The van der Waals surface area contributed by atoms with Crippen molar-refractivity contribution in [2.24, 2.45) is 0 Å². The Hall–Kier alpha value is -2.27. The number of hydrogen-bond acceptors (Lipinski definition) is 4. The highest BCUT2D eigenvalue weighted by Gasteiger charge is 2.15. The van der Waals surface area contributed by atoms with Crippen molar-refractivity contribution in [3.05, 3.63) is 47.2 Å². The van der Waals surface area contributed by atoms with Crippen molar-refractivity contribution in [1.82, 2.24) is 4.98 Å². The van der Waals surface area contributed by atoms with E-state index in [2.05, 4.69) is 10.3 Å². The first-order chi connectivity index (χ1) is 9.13. The smallest absolute Gasteiger partial charge is 0.259 e. The predicted molar refractivity (Wildman–Crippen MR) is 74.6 cm³/mol. The molecule has 0 aliphatic heterocycles. The zero-order valence-corrected chi connectivity index (χ0v) is 10.9. The number of nitrogens with one attached hydrogen (secondary N) is 1. The van der Waals surface area contributed by atoms with E-state index >= 15 is 0 Å². The summed E-state index contributed by atoms with van der Waals surface area (Å²) in [6.45, 7) is 0. The lowest BCUT2D eigenvalue weighted by atomic mass is 10.1. The topological polar surface area (TPSA) is 77.2 Å². The van der Waals surface area contributed by atoms with Crippen LogP contribution in [-0.4, -0.2) is 18.0 Å². The van der Waals surface area contributed by atoms with Crippen LogP contribution in [0, 0.1) is 0 Å². The van der Waals surface area contributed by atoms with E-state index < -0.39 is 0 Å². The first-order valence-electron chi connectivity index (χ1n) is 5.47. The molecule has 0 saturated heterocycles. The van der Waals surface area contributed by atoms with Gasteiger partial charge in [-0.05, 0) is 18.2 Å². The number of rotatable bonds is 3. The summed E-state index contributed by atoms with van der Waals surface area (Å²) < 4.78 is 5.13. The Bertz CT molecular complexity index is 617. The zero-order chi connectivity index (χ0) is 13.8. The van der Waals surface area contributed by atoms with Crippen molar-refractivity contribution in [2.75, 3.05) is 18.2 Å². The number of para-hydroxylation sites is 1. The van der Waals surface area contributed by atoms with Crippen molar-refractivity contribution in [2.45, 2.75) is 0 Å². The molecule has 0 atom stereocenters. The van der Waals surface area contributed by atoms with E-state index in [-0.39, 0.29) is 5.91 Å². The molecule has 2 aromatic rings. The van der Waals surface area contributed by atoms with Crippen LogP contribution < -0.4 is 15.8 Å². The minimum atomic E-state index is -0.362. The van der Waals surface area contributed by atoms with Gasteiger partial charge in [-0.25, -0.2) is 0 Å². The number of amides is 1. The Kier molecular flexibility index (Phi) is 3.87. The van der Waals surface area contributed by atoms with Gasteiger partial charge in [0.05, 0.1) is 35.3 Å². The van der Waals surface area contributed by atoms with Gasteiger partial charge in [0.2, 0.25) is 0 Å². The number of nitrogen functional groups attached to an aromatic ring is 1. The van der Waals surface area contributed by atoms with Crippen molar-refractivity contribution < 1.29 is 9.53 Å². The fourth-order valence-electron chi connectivity index (χ4n) is 1.62. The molecule has 0 radical (unpaired) electrons. The molecular weight excluding hydrogens is 266 g/mol. The van der Waals surface area contributed by atoms with Crippen molar-refractivity contribution >= 4 is 28.9 Å². The van der Waals surface area contributed by atoms with E-state index in [9.17, 15) is 4.79 Å². The van der Waals surface area contributed by atoms with Crippen LogP contribution in [0.2, 0.25) is 5.02 Å². The van der Waals surface area contributed by atoms with E-state index in [0.29, 0.717) is 27.7 Å². The van der Waals surface area contributed by atoms with E-state index in [4.69, 9.17) is 22.1 Å². The van der Waals surface area contributed by atoms with Crippen LogP contribution in [0.25, 0.3) is 0 Å². The maximum atomic E-state index is 12.2. The number of hydrogen-bond donors (Lipinski definition) is 2. The molecule has 5 nitrogen and oxygen atoms in total. The van der Waals surface area contributed by atoms with Crippen LogP contribution in [0.5, 0.6) is 5.75 Å². The Morgan fingerprint density at radius 2 is 2.21 bits per heavy atom. The minimum absolute atomic E-state index is 0.333. The second kappa shape index (κ2) is 5.58. The number of benzene rings is 1. The number of pyridine rings is 1. The number of ether oxygens (including phenoxy) is 1. The molecule has 2 rings (SSSR count). The van der Waals surface area contributed by atoms with Crippen LogP contribution in [-0.2, 0) is 0 Å². The van der Waals surface area contributed by atoms with Gasteiger partial charge in [-0.2, -0.15) is 0 Å². The summed E-state index contributed by atoms with van der Waals surface area (Å²) in [6, 6.07) is 6.55. The summed E-state index contributed by atoms with van der Waals surface area (Å²) in [4.78, 5) is 16.1. The molecular formula is C13H12ClN3O2. The Labute approximate surface area is 115 Å². The van der Waals surface area contributed by atoms with Gasteiger partial charge in [0.15, 0.2) is 5.75 Å². The highest BCUT2D eigenvalue weighted by molar-refractivity contribution is 6.33. The molecule has 1 heterocycles. The third kappa shape index (κ3) is 2.77. The van der Waals surface area contributed by atoms with Gasteiger partial charge >= 0.3 is 0 Å². The fraction of sp³-hybridized carbons (Fsp3) is 0.0769. The molecule has 19 heavy (non-hydrogen) atoms. The normalized spacial score (nSPS) is 10.0. The molecule has 1 aromatic carbocycles. The van der Waals surface area contributed by atoms with Crippen molar-refractivity contribution in [3.8, 4) is 5.75 Å². The molecule has 0 aliphatic carbocycles. The van der Waals surface area contributed by atoms with Crippen LogP contribution in [0.3, 0.4) is 0 Å². The number of nitrogens with two attached hydrogens (primary N) is 1. The largest absolute Gasteiger partial charge is 0.494 e. The first kappa shape index (κ1) is 13.2. The Morgan fingerprint density at radius 1 is 1.42 bits per heavy atom. The summed E-state index contributed by atoms with van der Waals surface area (Å²) >= 11 is 5.95. The molecule has 1 amide bonds. The summed E-state index contributed by atoms with van der Waals surface area (Å²) in [6.07, 6.45) is 3.01. The highest BCUT2D eigenvalue weighted by Crippen LogP contribution is 2.27. The summed E-state index contributed by atoms with van der Waals surface area (Å²) in [5.41, 5.74) is 6.91. The average molecular weight is 278 g/mol. The second-order valence-electron chi connectivity index (χ2n) is 3.74. The van der Waals surface area contributed by atoms with Gasteiger partial charge in [-0.1, -0.05) is 17.7 Å². The number of aromatic nitrogens is 1. The molecule has 6 heteroatoms. The standard InChI is InChI=1S/C13H12ClN3O2/c1-19-12-8(3-2-4-10(12)15)13(18)17-11-7-16-6-5-9(11)14/h2-7H,15H2,1H3,(H,17,18). The predicted octanol–water partition coefficient (Wildman–Crippen LogP) is 2.58. The van der Waals surface area contributed by atoms with Crippen LogP contribution in [0.15, 0.2) is 36.7 Å². The van der Waals surface area contributed by atoms with Gasteiger partial charge in [0, 0.05) is 6.20 Å². The number of nitrogens with zero attached hydrogens (tertiary/aromatic N) is 1. The average Bonchev–Trinajstić information content (AvgIpc) is 2.41. The lowest BCUT2D eigenvalue weighted by Gasteiger charge is -2.11. The number of carbonyl (C=O) groups excluding carboxylic acids is 1. The minimum Gasteiger partial charge on any atom is -0.494 e. The van der Waals surface area contributed by atoms with Crippen LogP contribution in [0.4, 0.5) is 11.4 Å². The monoisotopic (exact) mass is 277 g/mol. The van der Waals surface area contributed by atoms with Crippen molar-refractivity contribution in [3.63, 3.8) is 0 Å². The maximum Gasteiger partial charge on any atom is 0.259 e. The van der Waals surface area contributed by atoms with Gasteiger partial charge in [0.25, 0.3) is 5.91 Å².